The summed E-state index contributed by atoms with van der Waals surface area (Å²) in [5.41, 5.74) is -1.74. The van der Waals surface area contributed by atoms with Gasteiger partial charge in [-0.1, -0.05) is 0 Å². The fourth-order valence-corrected chi connectivity index (χ4v) is 2.06. The van der Waals surface area contributed by atoms with Crippen LogP contribution in [0.5, 0.6) is 0 Å². The summed E-state index contributed by atoms with van der Waals surface area (Å²) in [6.45, 7) is 8.04. The van der Waals surface area contributed by atoms with E-state index in [1.165, 1.54) is 13.8 Å². The molecule has 1 amide bonds. The molecule has 0 aliphatic heterocycles. The van der Waals surface area contributed by atoms with Crippen LogP contribution < -0.4 is 5.32 Å². The van der Waals surface area contributed by atoms with Crippen molar-refractivity contribution in [3.05, 3.63) is 0 Å². The van der Waals surface area contributed by atoms with Gasteiger partial charge in [-0.25, -0.2) is 4.79 Å². The smallest absolute Gasteiger partial charge is 0.408 e. The predicted octanol–water partition coefficient (Wildman–Crippen LogP) is 1.18. The van der Waals surface area contributed by atoms with Crippen molar-refractivity contribution >= 4 is 16.2 Å². The maximum Gasteiger partial charge on any atom is 0.408 e. The Kier molecular flexibility index (Phi) is 4.35. The summed E-state index contributed by atoms with van der Waals surface area (Å²) in [6, 6.07) is 0. The van der Waals surface area contributed by atoms with Crippen LogP contribution >= 0.6 is 0 Å². The Labute approximate surface area is 96.1 Å². The lowest BCUT2D eigenvalue weighted by atomic mass is 10.1. The molecule has 0 spiro atoms. The molecule has 0 radical (unpaired) electrons. The van der Waals surface area contributed by atoms with Crippen molar-refractivity contribution in [3.63, 3.8) is 0 Å². The normalized spacial score (nSPS) is 13.4. The molecule has 7 heteroatoms. The van der Waals surface area contributed by atoms with Gasteiger partial charge in [-0.3, -0.25) is 4.55 Å². The highest BCUT2D eigenvalue weighted by molar-refractivity contribution is 7.85. The molecule has 6 nitrogen and oxygen atoms in total. The fourth-order valence-electron chi connectivity index (χ4n) is 1.07. The van der Waals surface area contributed by atoms with E-state index in [1.54, 1.807) is 20.8 Å². The van der Waals surface area contributed by atoms with Crippen LogP contribution in [-0.4, -0.2) is 36.0 Å². The molecule has 96 valence electrons. The van der Waals surface area contributed by atoms with E-state index < -0.39 is 33.1 Å². The largest absolute Gasteiger partial charge is 0.444 e. The van der Waals surface area contributed by atoms with E-state index in [4.69, 9.17) is 9.29 Å². The highest BCUT2D eigenvalue weighted by Crippen LogP contribution is 2.10. The van der Waals surface area contributed by atoms with Crippen LogP contribution in [0.1, 0.15) is 34.6 Å². The number of amides is 1. The Morgan fingerprint density at radius 2 is 1.69 bits per heavy atom. The van der Waals surface area contributed by atoms with Crippen LogP contribution in [0.15, 0.2) is 0 Å². The first-order chi connectivity index (χ1) is 6.81. The van der Waals surface area contributed by atoms with E-state index in [0.29, 0.717) is 0 Å². The van der Waals surface area contributed by atoms with Crippen LogP contribution in [0.2, 0.25) is 0 Å². The molecule has 0 aromatic heterocycles. The average Bonchev–Trinajstić information content (AvgIpc) is 1.70. The van der Waals surface area contributed by atoms with Crippen molar-refractivity contribution < 1.29 is 22.5 Å². The zero-order valence-corrected chi connectivity index (χ0v) is 11.0. The number of hydrogen-bond acceptors (Lipinski definition) is 4. The molecule has 0 unspecified atom stereocenters. The van der Waals surface area contributed by atoms with Gasteiger partial charge in [0.15, 0.2) is 0 Å². The van der Waals surface area contributed by atoms with E-state index >= 15 is 0 Å². The standard InChI is InChI=1S/C9H19NO5S/c1-8(2,3)15-7(11)10-9(4,5)6-16(12,13)14/h6H2,1-5H3,(H,10,11)(H,12,13,14). The summed E-state index contributed by atoms with van der Waals surface area (Å²) in [5, 5.41) is 2.37. The third-order valence-corrected chi connectivity index (χ3v) is 2.47. The summed E-state index contributed by atoms with van der Waals surface area (Å²) in [7, 11) is -4.14. The number of alkyl carbamates (subject to hydrolysis) is 1. The number of nitrogens with one attached hydrogen (secondary N) is 1. The summed E-state index contributed by atoms with van der Waals surface area (Å²) >= 11 is 0. The van der Waals surface area contributed by atoms with Crippen LogP contribution in [0.25, 0.3) is 0 Å². The zero-order chi connectivity index (χ0) is 13.2. The molecule has 0 bridgehead atoms. The Morgan fingerprint density at radius 1 is 1.25 bits per heavy atom. The molecule has 0 saturated heterocycles. The summed E-state index contributed by atoms with van der Waals surface area (Å²) in [4.78, 5) is 11.4. The molecule has 2 N–H and O–H groups in total. The van der Waals surface area contributed by atoms with Gasteiger partial charge in [0.25, 0.3) is 10.1 Å². The third kappa shape index (κ3) is 8.49. The number of carbonyl (C=O) groups is 1. The van der Waals surface area contributed by atoms with Crippen molar-refractivity contribution in [2.75, 3.05) is 5.75 Å². The van der Waals surface area contributed by atoms with Crippen molar-refractivity contribution in [1.29, 1.82) is 0 Å². The van der Waals surface area contributed by atoms with Crippen LogP contribution in [-0.2, 0) is 14.9 Å². The molecule has 0 heterocycles. The van der Waals surface area contributed by atoms with Gasteiger partial charge in [0.05, 0.1) is 11.3 Å². The van der Waals surface area contributed by atoms with Crippen molar-refractivity contribution in [3.8, 4) is 0 Å². The molecule has 0 aromatic rings. The molecular formula is C9H19NO5S. The lowest BCUT2D eigenvalue weighted by molar-refractivity contribution is 0.0481. The Bertz CT molecular complexity index is 353. The van der Waals surface area contributed by atoms with Gasteiger partial charge < -0.3 is 10.1 Å². The second kappa shape index (κ2) is 4.58. The molecular weight excluding hydrogens is 234 g/mol. The van der Waals surface area contributed by atoms with E-state index in [0.717, 1.165) is 0 Å². The van der Waals surface area contributed by atoms with Gasteiger partial charge in [-0.05, 0) is 34.6 Å². The summed E-state index contributed by atoms with van der Waals surface area (Å²) in [6.07, 6.45) is -0.721. The van der Waals surface area contributed by atoms with E-state index in [-0.39, 0.29) is 0 Å². The van der Waals surface area contributed by atoms with Gasteiger partial charge in [-0.2, -0.15) is 8.42 Å². The van der Waals surface area contributed by atoms with Crippen molar-refractivity contribution in [2.45, 2.75) is 45.8 Å². The minimum absolute atomic E-state index is 0.570. The van der Waals surface area contributed by atoms with E-state index in [1.807, 2.05) is 0 Å². The molecule has 0 aliphatic carbocycles. The second-order valence-corrected chi connectivity index (χ2v) is 6.69. The van der Waals surface area contributed by atoms with Gasteiger partial charge in [0.2, 0.25) is 0 Å². The molecule has 0 atom stereocenters. The molecule has 0 saturated carbocycles. The molecule has 16 heavy (non-hydrogen) atoms. The molecule has 0 rings (SSSR count). The maximum absolute atomic E-state index is 11.4. The van der Waals surface area contributed by atoms with Crippen LogP contribution in [0.3, 0.4) is 0 Å². The van der Waals surface area contributed by atoms with Gasteiger partial charge in [0, 0.05) is 0 Å². The zero-order valence-electron chi connectivity index (χ0n) is 10.2. The summed E-state index contributed by atoms with van der Waals surface area (Å²) in [5.74, 6) is -0.570. The number of rotatable bonds is 3. The quantitative estimate of drug-likeness (QED) is 0.737. The lowest BCUT2D eigenvalue weighted by Crippen LogP contribution is -2.49. The van der Waals surface area contributed by atoms with Crippen LogP contribution in [0, 0.1) is 0 Å². The minimum atomic E-state index is -4.14. The Balaban J connectivity index is 4.43. The fraction of sp³-hybridized carbons (Fsp3) is 0.889. The molecule has 0 fully saturated rings. The van der Waals surface area contributed by atoms with Gasteiger partial charge in [-0.15, -0.1) is 0 Å². The first-order valence-corrected chi connectivity index (χ1v) is 6.38. The number of hydrogen-bond donors (Lipinski definition) is 2. The van der Waals surface area contributed by atoms with Crippen molar-refractivity contribution in [1.82, 2.24) is 5.32 Å². The third-order valence-electron chi connectivity index (χ3n) is 1.38. The van der Waals surface area contributed by atoms with Gasteiger partial charge in [0.1, 0.15) is 5.60 Å². The first kappa shape index (κ1) is 15.2. The second-order valence-electron chi connectivity index (χ2n) is 5.24. The maximum atomic E-state index is 11.4. The highest BCUT2D eigenvalue weighted by Gasteiger charge is 2.28. The highest BCUT2D eigenvalue weighted by atomic mass is 32.2. The molecule has 0 aliphatic rings. The van der Waals surface area contributed by atoms with Crippen LogP contribution in [0.4, 0.5) is 4.79 Å². The van der Waals surface area contributed by atoms with E-state index in [2.05, 4.69) is 5.32 Å². The Hall–Kier alpha value is -0.820. The average molecular weight is 253 g/mol. The van der Waals surface area contributed by atoms with Crippen molar-refractivity contribution in [2.24, 2.45) is 0 Å². The SMILES string of the molecule is CC(C)(CS(=O)(=O)O)NC(=O)OC(C)(C)C. The topological polar surface area (TPSA) is 92.7 Å². The van der Waals surface area contributed by atoms with E-state index in [9.17, 15) is 13.2 Å². The molecule has 0 aromatic carbocycles. The number of carbonyl (C=O) groups excluding carboxylic acids is 1. The first-order valence-electron chi connectivity index (χ1n) is 4.77. The Morgan fingerprint density at radius 3 is 2.00 bits per heavy atom. The monoisotopic (exact) mass is 253 g/mol. The minimum Gasteiger partial charge on any atom is -0.444 e. The predicted molar refractivity (Wildman–Crippen MR) is 59.9 cm³/mol. The number of ether oxygens (including phenoxy) is 1. The lowest BCUT2D eigenvalue weighted by Gasteiger charge is -2.27. The van der Waals surface area contributed by atoms with Gasteiger partial charge >= 0.3 is 6.09 Å². The summed E-state index contributed by atoms with van der Waals surface area (Å²) < 4.78 is 35.0.